The minimum absolute atomic E-state index is 0.326. The average molecular weight is 322 g/mol. The highest BCUT2D eigenvalue weighted by molar-refractivity contribution is 7.90. The molecule has 0 aromatic rings. The van der Waals surface area contributed by atoms with Crippen molar-refractivity contribution in [1.29, 1.82) is 0 Å². The third-order valence-electron chi connectivity index (χ3n) is 3.83. The fourth-order valence-corrected chi connectivity index (χ4v) is 4.31. The van der Waals surface area contributed by atoms with Crippen molar-refractivity contribution in [2.45, 2.75) is 24.5 Å². The molecule has 1 aliphatic carbocycles. The minimum Gasteiger partial charge on any atom is -0.469 e. The van der Waals surface area contributed by atoms with Crippen molar-refractivity contribution >= 4 is 16.0 Å². The minimum atomic E-state index is -3.49. The van der Waals surface area contributed by atoms with Gasteiger partial charge in [0, 0.05) is 26.7 Å². The van der Waals surface area contributed by atoms with E-state index in [2.05, 4.69) is 4.72 Å². The van der Waals surface area contributed by atoms with Crippen LogP contribution in [0.5, 0.6) is 0 Å². The topological polar surface area (TPSA) is 84.9 Å². The van der Waals surface area contributed by atoms with Crippen molar-refractivity contribution in [3.63, 3.8) is 0 Å². The maximum absolute atomic E-state index is 12.3. The second kappa shape index (κ2) is 8.67. The molecule has 0 aromatic carbocycles. The Kier molecular flexibility index (Phi) is 7.58. The predicted molar refractivity (Wildman–Crippen MR) is 79.4 cm³/mol. The van der Waals surface area contributed by atoms with Gasteiger partial charge in [-0.15, -0.1) is 0 Å². The summed E-state index contributed by atoms with van der Waals surface area (Å²) in [5.74, 6) is -0.973. The van der Waals surface area contributed by atoms with Crippen LogP contribution in [0.15, 0.2) is 0 Å². The first kappa shape index (κ1) is 18.3. The van der Waals surface area contributed by atoms with Crippen LogP contribution in [0.3, 0.4) is 0 Å². The SMILES string of the molecule is COCCN(C)CCNS(=O)(=O)C1CCCC1C(=O)OC. The molecular formula is C13H26N2O5S. The van der Waals surface area contributed by atoms with Crippen LogP contribution < -0.4 is 4.72 Å². The Morgan fingerprint density at radius 2 is 2.00 bits per heavy atom. The summed E-state index contributed by atoms with van der Waals surface area (Å²) in [6.07, 6.45) is 1.82. The third-order valence-corrected chi connectivity index (χ3v) is 5.80. The zero-order valence-electron chi connectivity index (χ0n) is 13.0. The summed E-state index contributed by atoms with van der Waals surface area (Å²) in [4.78, 5) is 13.6. The molecule has 1 aliphatic rings. The Hall–Kier alpha value is -0.700. The van der Waals surface area contributed by atoms with Gasteiger partial charge in [-0.25, -0.2) is 13.1 Å². The summed E-state index contributed by atoms with van der Waals surface area (Å²) in [7, 11) is 1.34. The largest absolute Gasteiger partial charge is 0.469 e. The van der Waals surface area contributed by atoms with Gasteiger partial charge < -0.3 is 14.4 Å². The molecule has 21 heavy (non-hydrogen) atoms. The lowest BCUT2D eigenvalue weighted by Crippen LogP contribution is -2.42. The Balaban J connectivity index is 2.47. The summed E-state index contributed by atoms with van der Waals surface area (Å²) >= 11 is 0. The molecule has 0 aromatic heterocycles. The van der Waals surface area contributed by atoms with Gasteiger partial charge in [-0.3, -0.25) is 4.79 Å². The van der Waals surface area contributed by atoms with E-state index in [1.54, 1.807) is 7.11 Å². The van der Waals surface area contributed by atoms with Crippen molar-refractivity contribution in [3.8, 4) is 0 Å². The molecule has 0 spiro atoms. The van der Waals surface area contributed by atoms with E-state index in [-0.39, 0.29) is 0 Å². The molecule has 1 rings (SSSR count). The fourth-order valence-electron chi connectivity index (χ4n) is 2.56. The van der Waals surface area contributed by atoms with Gasteiger partial charge in [-0.1, -0.05) is 6.42 Å². The van der Waals surface area contributed by atoms with Crippen molar-refractivity contribution in [2.75, 3.05) is 47.5 Å². The molecule has 0 saturated heterocycles. The summed E-state index contributed by atoms with van der Waals surface area (Å²) in [5.41, 5.74) is 0. The average Bonchev–Trinajstić information content (AvgIpc) is 2.94. The van der Waals surface area contributed by atoms with E-state index in [0.29, 0.717) is 32.5 Å². The number of hydrogen-bond acceptors (Lipinski definition) is 6. The lowest BCUT2D eigenvalue weighted by molar-refractivity contribution is -0.145. The van der Waals surface area contributed by atoms with Crippen LogP contribution in [-0.4, -0.2) is 72.0 Å². The smallest absolute Gasteiger partial charge is 0.310 e. The van der Waals surface area contributed by atoms with Crippen LogP contribution in [0.4, 0.5) is 0 Å². The molecule has 0 bridgehead atoms. The van der Waals surface area contributed by atoms with Crippen molar-refractivity contribution in [3.05, 3.63) is 0 Å². The zero-order chi connectivity index (χ0) is 15.9. The molecule has 0 aliphatic heterocycles. The quantitative estimate of drug-likeness (QED) is 0.593. The molecule has 1 N–H and O–H groups in total. The number of nitrogens with one attached hydrogen (secondary N) is 1. The van der Waals surface area contributed by atoms with Crippen LogP contribution in [0.2, 0.25) is 0 Å². The van der Waals surface area contributed by atoms with E-state index in [4.69, 9.17) is 9.47 Å². The van der Waals surface area contributed by atoms with Crippen molar-refractivity contribution in [2.24, 2.45) is 5.92 Å². The standard InChI is InChI=1S/C13H26N2O5S/c1-15(9-10-19-2)8-7-14-21(17,18)12-6-4-5-11(12)13(16)20-3/h11-12,14H,4-10H2,1-3H3. The van der Waals surface area contributed by atoms with E-state index >= 15 is 0 Å². The number of esters is 1. The molecule has 1 saturated carbocycles. The molecule has 7 nitrogen and oxygen atoms in total. The lowest BCUT2D eigenvalue weighted by Gasteiger charge is -2.20. The normalized spacial score (nSPS) is 22.7. The maximum Gasteiger partial charge on any atom is 0.310 e. The molecule has 0 radical (unpaired) electrons. The molecular weight excluding hydrogens is 296 g/mol. The summed E-state index contributed by atoms with van der Waals surface area (Å²) in [6, 6.07) is 0. The summed E-state index contributed by atoms with van der Waals surface area (Å²) in [6.45, 7) is 2.27. The number of sulfonamides is 1. The highest BCUT2D eigenvalue weighted by Gasteiger charge is 2.41. The van der Waals surface area contributed by atoms with Crippen LogP contribution >= 0.6 is 0 Å². The van der Waals surface area contributed by atoms with Gasteiger partial charge in [0.15, 0.2) is 0 Å². The Bertz CT molecular complexity index is 426. The molecule has 2 atom stereocenters. The number of carbonyl (C=O) groups excluding carboxylic acids is 1. The number of rotatable bonds is 9. The zero-order valence-corrected chi connectivity index (χ0v) is 13.8. The Morgan fingerprint density at radius 1 is 1.29 bits per heavy atom. The second-order valence-electron chi connectivity index (χ2n) is 5.33. The van der Waals surface area contributed by atoms with E-state index in [1.807, 2.05) is 11.9 Å². The number of likely N-dealkylation sites (N-methyl/N-ethyl adjacent to an activating group) is 1. The Morgan fingerprint density at radius 3 is 2.62 bits per heavy atom. The second-order valence-corrected chi connectivity index (χ2v) is 7.32. The Labute approximate surface area is 127 Å². The van der Waals surface area contributed by atoms with E-state index in [9.17, 15) is 13.2 Å². The number of hydrogen-bond donors (Lipinski definition) is 1. The highest BCUT2D eigenvalue weighted by Crippen LogP contribution is 2.31. The molecule has 0 heterocycles. The number of ether oxygens (including phenoxy) is 2. The molecule has 8 heteroatoms. The van der Waals surface area contributed by atoms with Crippen LogP contribution in [-0.2, 0) is 24.3 Å². The van der Waals surface area contributed by atoms with Gasteiger partial charge in [0.1, 0.15) is 0 Å². The van der Waals surface area contributed by atoms with Gasteiger partial charge in [0.05, 0.1) is 24.9 Å². The monoisotopic (exact) mass is 322 g/mol. The van der Waals surface area contributed by atoms with Crippen LogP contribution in [0.25, 0.3) is 0 Å². The van der Waals surface area contributed by atoms with Gasteiger partial charge in [-0.05, 0) is 19.9 Å². The van der Waals surface area contributed by atoms with E-state index in [0.717, 1.165) is 13.0 Å². The highest BCUT2D eigenvalue weighted by atomic mass is 32.2. The van der Waals surface area contributed by atoms with Gasteiger partial charge in [0.25, 0.3) is 0 Å². The first-order chi connectivity index (χ1) is 9.92. The predicted octanol–water partition coefficient (Wildman–Crippen LogP) is -0.174. The number of methoxy groups -OCH3 is 2. The number of carbonyl (C=O) groups is 1. The first-order valence-electron chi connectivity index (χ1n) is 7.16. The van der Waals surface area contributed by atoms with Gasteiger partial charge >= 0.3 is 5.97 Å². The summed E-state index contributed by atoms with van der Waals surface area (Å²) < 4.78 is 36.8. The molecule has 124 valence electrons. The van der Waals surface area contributed by atoms with E-state index in [1.165, 1.54) is 7.11 Å². The molecule has 0 amide bonds. The van der Waals surface area contributed by atoms with Crippen molar-refractivity contribution in [1.82, 2.24) is 9.62 Å². The summed E-state index contributed by atoms with van der Waals surface area (Å²) in [5, 5.41) is -0.672. The van der Waals surface area contributed by atoms with Crippen LogP contribution in [0, 0.1) is 5.92 Å². The number of nitrogens with zero attached hydrogens (tertiary/aromatic N) is 1. The van der Waals surface area contributed by atoms with Gasteiger partial charge in [-0.2, -0.15) is 0 Å². The lowest BCUT2D eigenvalue weighted by atomic mass is 10.1. The molecule has 2 unspecified atom stereocenters. The fraction of sp³-hybridized carbons (Fsp3) is 0.923. The van der Waals surface area contributed by atoms with Gasteiger partial charge in [0.2, 0.25) is 10.0 Å². The first-order valence-corrected chi connectivity index (χ1v) is 8.70. The van der Waals surface area contributed by atoms with Crippen LogP contribution in [0.1, 0.15) is 19.3 Å². The third kappa shape index (κ3) is 5.54. The molecule has 1 fully saturated rings. The van der Waals surface area contributed by atoms with Crippen molar-refractivity contribution < 1.29 is 22.7 Å². The maximum atomic E-state index is 12.3. The van der Waals surface area contributed by atoms with E-state index < -0.39 is 27.2 Å².